The van der Waals surface area contributed by atoms with Gasteiger partial charge in [0.05, 0.1) is 18.6 Å². The van der Waals surface area contributed by atoms with Crippen LogP contribution in [0.2, 0.25) is 0 Å². The maximum atomic E-state index is 11.3. The standard InChI is InChI=1S/C11H23NO2/c1-5-7-10(14-9(3)4)8-11(13)12-6-2/h9-10H,5-8H2,1-4H3,(H,12,13). The molecule has 0 rings (SSSR count). The van der Waals surface area contributed by atoms with E-state index in [0.29, 0.717) is 13.0 Å². The van der Waals surface area contributed by atoms with Crippen molar-refractivity contribution < 1.29 is 9.53 Å². The lowest BCUT2D eigenvalue weighted by Gasteiger charge is -2.19. The molecule has 0 aliphatic rings. The second kappa shape index (κ2) is 7.80. The largest absolute Gasteiger partial charge is 0.375 e. The summed E-state index contributed by atoms with van der Waals surface area (Å²) >= 11 is 0. The molecule has 0 aliphatic heterocycles. The molecule has 1 atom stereocenters. The number of hydrogen-bond acceptors (Lipinski definition) is 2. The van der Waals surface area contributed by atoms with Crippen LogP contribution >= 0.6 is 0 Å². The molecule has 3 nitrogen and oxygen atoms in total. The van der Waals surface area contributed by atoms with Crippen LogP contribution in [0.1, 0.15) is 47.0 Å². The van der Waals surface area contributed by atoms with E-state index in [4.69, 9.17) is 4.74 Å². The van der Waals surface area contributed by atoms with Crippen molar-refractivity contribution >= 4 is 5.91 Å². The molecule has 0 radical (unpaired) electrons. The van der Waals surface area contributed by atoms with Gasteiger partial charge in [0.2, 0.25) is 5.91 Å². The Morgan fingerprint density at radius 1 is 1.36 bits per heavy atom. The van der Waals surface area contributed by atoms with E-state index in [9.17, 15) is 4.79 Å². The number of rotatable bonds is 7. The zero-order valence-corrected chi connectivity index (χ0v) is 9.80. The van der Waals surface area contributed by atoms with Crippen molar-refractivity contribution in [1.82, 2.24) is 5.32 Å². The lowest BCUT2D eigenvalue weighted by Crippen LogP contribution is -2.29. The van der Waals surface area contributed by atoms with Crippen LogP contribution in [0.5, 0.6) is 0 Å². The van der Waals surface area contributed by atoms with Gasteiger partial charge in [-0.1, -0.05) is 13.3 Å². The Kier molecular flexibility index (Phi) is 7.48. The smallest absolute Gasteiger partial charge is 0.222 e. The van der Waals surface area contributed by atoms with Crippen molar-refractivity contribution in [2.24, 2.45) is 0 Å². The van der Waals surface area contributed by atoms with Crippen molar-refractivity contribution in [3.63, 3.8) is 0 Å². The Hall–Kier alpha value is -0.570. The van der Waals surface area contributed by atoms with Crippen LogP contribution in [-0.4, -0.2) is 24.7 Å². The van der Waals surface area contributed by atoms with Gasteiger partial charge < -0.3 is 10.1 Å². The molecule has 0 saturated carbocycles. The normalized spacial score (nSPS) is 12.9. The zero-order chi connectivity index (χ0) is 11.0. The summed E-state index contributed by atoms with van der Waals surface area (Å²) in [5.41, 5.74) is 0. The molecule has 0 aliphatic carbocycles. The Morgan fingerprint density at radius 2 is 2.00 bits per heavy atom. The molecule has 0 bridgehead atoms. The Bertz CT molecular complexity index is 157. The number of amides is 1. The average Bonchev–Trinajstić information content (AvgIpc) is 2.03. The SMILES string of the molecule is CCCC(CC(=O)NCC)OC(C)C. The Balaban J connectivity index is 3.88. The second-order valence-electron chi connectivity index (χ2n) is 3.75. The highest BCUT2D eigenvalue weighted by molar-refractivity contribution is 5.76. The highest BCUT2D eigenvalue weighted by atomic mass is 16.5. The molecule has 84 valence electrons. The molecule has 0 aromatic rings. The van der Waals surface area contributed by atoms with Crippen molar-refractivity contribution in [3.8, 4) is 0 Å². The van der Waals surface area contributed by atoms with Gasteiger partial charge in [-0.15, -0.1) is 0 Å². The predicted octanol–water partition coefficient (Wildman–Crippen LogP) is 2.11. The second-order valence-corrected chi connectivity index (χ2v) is 3.75. The first-order valence-electron chi connectivity index (χ1n) is 5.52. The maximum Gasteiger partial charge on any atom is 0.222 e. The minimum Gasteiger partial charge on any atom is -0.375 e. The number of ether oxygens (including phenoxy) is 1. The van der Waals surface area contributed by atoms with Gasteiger partial charge in [-0.3, -0.25) is 4.79 Å². The number of nitrogens with one attached hydrogen (secondary N) is 1. The summed E-state index contributed by atoms with van der Waals surface area (Å²) in [6.07, 6.45) is 2.76. The average molecular weight is 201 g/mol. The molecule has 0 aromatic heterocycles. The van der Waals surface area contributed by atoms with Crippen LogP contribution in [0.15, 0.2) is 0 Å². The van der Waals surface area contributed by atoms with Gasteiger partial charge in [-0.2, -0.15) is 0 Å². The predicted molar refractivity (Wildman–Crippen MR) is 58.2 cm³/mol. The molecule has 0 saturated heterocycles. The third kappa shape index (κ3) is 6.89. The summed E-state index contributed by atoms with van der Waals surface area (Å²) in [4.78, 5) is 11.3. The van der Waals surface area contributed by atoms with Crippen LogP contribution < -0.4 is 5.32 Å². The van der Waals surface area contributed by atoms with Crippen LogP contribution in [-0.2, 0) is 9.53 Å². The van der Waals surface area contributed by atoms with Gasteiger partial charge in [-0.25, -0.2) is 0 Å². The van der Waals surface area contributed by atoms with E-state index in [-0.39, 0.29) is 18.1 Å². The monoisotopic (exact) mass is 201 g/mol. The van der Waals surface area contributed by atoms with Gasteiger partial charge in [0.15, 0.2) is 0 Å². The molecular formula is C11H23NO2. The number of carbonyl (C=O) groups excluding carboxylic acids is 1. The van der Waals surface area contributed by atoms with Crippen molar-refractivity contribution in [2.45, 2.75) is 59.2 Å². The minimum absolute atomic E-state index is 0.0755. The van der Waals surface area contributed by atoms with Crippen LogP contribution in [0.25, 0.3) is 0 Å². The number of hydrogen-bond donors (Lipinski definition) is 1. The van der Waals surface area contributed by atoms with Gasteiger partial charge in [0, 0.05) is 6.54 Å². The van der Waals surface area contributed by atoms with E-state index in [0.717, 1.165) is 12.8 Å². The van der Waals surface area contributed by atoms with E-state index >= 15 is 0 Å². The van der Waals surface area contributed by atoms with Crippen LogP contribution in [0, 0.1) is 0 Å². The van der Waals surface area contributed by atoms with E-state index in [1.165, 1.54) is 0 Å². The Labute approximate surface area is 87.2 Å². The van der Waals surface area contributed by atoms with Gasteiger partial charge in [-0.05, 0) is 27.2 Å². The van der Waals surface area contributed by atoms with Crippen LogP contribution in [0.4, 0.5) is 0 Å². The fraction of sp³-hybridized carbons (Fsp3) is 0.909. The third-order valence-corrected chi connectivity index (χ3v) is 1.86. The lowest BCUT2D eigenvalue weighted by molar-refractivity contribution is -0.124. The quantitative estimate of drug-likeness (QED) is 0.685. The van der Waals surface area contributed by atoms with Gasteiger partial charge in [0.1, 0.15) is 0 Å². The topological polar surface area (TPSA) is 38.3 Å². The summed E-state index contributed by atoms with van der Waals surface area (Å²) in [7, 11) is 0. The van der Waals surface area contributed by atoms with Crippen molar-refractivity contribution in [3.05, 3.63) is 0 Å². The molecule has 14 heavy (non-hydrogen) atoms. The summed E-state index contributed by atoms with van der Waals surface area (Å²) in [5, 5.41) is 2.79. The Morgan fingerprint density at radius 3 is 2.43 bits per heavy atom. The summed E-state index contributed by atoms with van der Waals surface area (Å²) < 4.78 is 5.65. The van der Waals surface area contributed by atoms with E-state index < -0.39 is 0 Å². The molecule has 0 aromatic carbocycles. The van der Waals surface area contributed by atoms with E-state index in [1.807, 2.05) is 20.8 Å². The third-order valence-electron chi connectivity index (χ3n) is 1.86. The highest BCUT2D eigenvalue weighted by Crippen LogP contribution is 2.09. The van der Waals surface area contributed by atoms with Gasteiger partial charge in [0.25, 0.3) is 0 Å². The molecule has 1 N–H and O–H groups in total. The summed E-state index contributed by atoms with van der Waals surface area (Å²) in [6, 6.07) is 0. The summed E-state index contributed by atoms with van der Waals surface area (Å²) in [5.74, 6) is 0.0894. The van der Waals surface area contributed by atoms with Crippen LogP contribution in [0.3, 0.4) is 0 Å². The molecular weight excluding hydrogens is 178 g/mol. The van der Waals surface area contributed by atoms with E-state index in [1.54, 1.807) is 0 Å². The van der Waals surface area contributed by atoms with Crippen molar-refractivity contribution in [2.75, 3.05) is 6.54 Å². The molecule has 1 unspecified atom stereocenters. The highest BCUT2D eigenvalue weighted by Gasteiger charge is 2.14. The fourth-order valence-corrected chi connectivity index (χ4v) is 1.40. The molecule has 0 spiro atoms. The molecule has 0 fully saturated rings. The number of carbonyl (C=O) groups is 1. The molecule has 3 heteroatoms. The van der Waals surface area contributed by atoms with E-state index in [2.05, 4.69) is 12.2 Å². The fourth-order valence-electron chi connectivity index (χ4n) is 1.40. The minimum atomic E-state index is 0.0755. The zero-order valence-electron chi connectivity index (χ0n) is 9.80. The first-order valence-corrected chi connectivity index (χ1v) is 5.52. The van der Waals surface area contributed by atoms with Crippen molar-refractivity contribution in [1.29, 1.82) is 0 Å². The summed E-state index contributed by atoms with van der Waals surface area (Å²) in [6.45, 7) is 8.73. The maximum absolute atomic E-state index is 11.3. The lowest BCUT2D eigenvalue weighted by atomic mass is 10.1. The molecule has 1 amide bonds. The first-order chi connectivity index (χ1) is 6.60. The first kappa shape index (κ1) is 13.4. The van der Waals surface area contributed by atoms with Gasteiger partial charge >= 0.3 is 0 Å². The molecule has 0 heterocycles.